The molecular formula is C17H33NO2. The number of rotatable bonds is 6. The van der Waals surface area contributed by atoms with Crippen molar-refractivity contribution in [3.8, 4) is 0 Å². The van der Waals surface area contributed by atoms with Crippen molar-refractivity contribution in [3.05, 3.63) is 0 Å². The Balaban J connectivity index is 2.49. The Bertz CT molecular complexity index is 301. The smallest absolute Gasteiger partial charge is 0.317 e. The van der Waals surface area contributed by atoms with E-state index in [1.807, 2.05) is 0 Å². The van der Waals surface area contributed by atoms with Crippen molar-refractivity contribution in [2.45, 2.75) is 72.8 Å². The van der Waals surface area contributed by atoms with Crippen LogP contribution in [0, 0.1) is 17.3 Å². The van der Waals surface area contributed by atoms with E-state index in [9.17, 15) is 4.79 Å². The number of carboxylic acids is 1. The third-order valence-corrected chi connectivity index (χ3v) is 5.12. The van der Waals surface area contributed by atoms with Crippen LogP contribution in [0.4, 0.5) is 0 Å². The van der Waals surface area contributed by atoms with Gasteiger partial charge in [-0.3, -0.25) is 9.69 Å². The maximum Gasteiger partial charge on any atom is 0.317 e. The summed E-state index contributed by atoms with van der Waals surface area (Å²) in [6.07, 6.45) is 6.14. The summed E-state index contributed by atoms with van der Waals surface area (Å²) in [5.74, 6) is 0.811. The van der Waals surface area contributed by atoms with Gasteiger partial charge in [0.1, 0.15) is 0 Å². The highest BCUT2D eigenvalue weighted by Crippen LogP contribution is 2.40. The first-order valence-electron chi connectivity index (χ1n) is 8.19. The summed E-state index contributed by atoms with van der Waals surface area (Å²) in [6, 6.07) is 0.367. The molecule has 1 unspecified atom stereocenters. The van der Waals surface area contributed by atoms with E-state index < -0.39 is 5.97 Å². The van der Waals surface area contributed by atoms with E-state index in [2.05, 4.69) is 39.5 Å². The predicted molar refractivity (Wildman–Crippen MR) is 83.9 cm³/mol. The van der Waals surface area contributed by atoms with Crippen LogP contribution in [0.2, 0.25) is 0 Å². The normalized spacial score (nSPS) is 25.7. The number of carboxylic acid groups (broad SMARTS) is 1. The maximum absolute atomic E-state index is 11.0. The van der Waals surface area contributed by atoms with Crippen molar-refractivity contribution in [1.29, 1.82) is 0 Å². The van der Waals surface area contributed by atoms with Gasteiger partial charge in [0, 0.05) is 12.6 Å². The molecule has 0 saturated heterocycles. The van der Waals surface area contributed by atoms with Gasteiger partial charge in [-0.1, -0.05) is 27.7 Å². The van der Waals surface area contributed by atoms with Gasteiger partial charge < -0.3 is 5.11 Å². The quantitative estimate of drug-likeness (QED) is 0.800. The summed E-state index contributed by atoms with van der Waals surface area (Å²) in [4.78, 5) is 13.2. The molecule has 20 heavy (non-hydrogen) atoms. The molecule has 0 aliphatic heterocycles. The molecule has 0 bridgehead atoms. The van der Waals surface area contributed by atoms with Crippen LogP contribution in [0.3, 0.4) is 0 Å². The largest absolute Gasteiger partial charge is 0.480 e. The van der Waals surface area contributed by atoms with Crippen LogP contribution in [-0.2, 0) is 4.79 Å². The van der Waals surface area contributed by atoms with Crippen molar-refractivity contribution in [1.82, 2.24) is 4.90 Å². The van der Waals surface area contributed by atoms with Gasteiger partial charge in [-0.2, -0.15) is 0 Å². The van der Waals surface area contributed by atoms with Crippen molar-refractivity contribution in [3.63, 3.8) is 0 Å². The Morgan fingerprint density at radius 1 is 1.25 bits per heavy atom. The lowest BCUT2D eigenvalue weighted by Crippen LogP contribution is -2.41. The van der Waals surface area contributed by atoms with E-state index in [0.717, 1.165) is 18.9 Å². The monoisotopic (exact) mass is 283 g/mol. The topological polar surface area (TPSA) is 40.5 Å². The molecule has 3 heteroatoms. The molecule has 1 aliphatic carbocycles. The molecule has 1 atom stereocenters. The van der Waals surface area contributed by atoms with E-state index >= 15 is 0 Å². The number of hydrogen-bond acceptors (Lipinski definition) is 2. The van der Waals surface area contributed by atoms with Gasteiger partial charge >= 0.3 is 5.97 Å². The predicted octanol–water partition coefficient (Wildman–Crippen LogP) is 4.02. The van der Waals surface area contributed by atoms with Crippen LogP contribution in [-0.4, -0.2) is 35.1 Å². The van der Waals surface area contributed by atoms with Gasteiger partial charge in [-0.15, -0.1) is 0 Å². The van der Waals surface area contributed by atoms with Gasteiger partial charge in [-0.25, -0.2) is 0 Å². The highest BCUT2D eigenvalue weighted by Gasteiger charge is 2.31. The summed E-state index contributed by atoms with van der Waals surface area (Å²) in [5.41, 5.74) is 0.419. The Hall–Kier alpha value is -0.570. The van der Waals surface area contributed by atoms with Gasteiger partial charge in [0.15, 0.2) is 0 Å². The molecule has 3 nitrogen and oxygen atoms in total. The van der Waals surface area contributed by atoms with E-state index in [1.165, 1.54) is 25.7 Å². The minimum absolute atomic E-state index is 0.189. The average molecular weight is 283 g/mol. The van der Waals surface area contributed by atoms with Crippen molar-refractivity contribution < 1.29 is 9.90 Å². The van der Waals surface area contributed by atoms with Gasteiger partial charge in [-0.05, 0) is 56.3 Å². The standard InChI is InChI=1S/C17H33NO2/c1-6-13(2)18(12-16(19)20)11-14-7-9-15(10-8-14)17(3,4)5/h13-15H,6-12H2,1-5H3,(H,19,20). The minimum Gasteiger partial charge on any atom is -0.480 e. The molecule has 118 valence electrons. The molecule has 0 aromatic carbocycles. The first kappa shape index (κ1) is 17.5. The van der Waals surface area contributed by atoms with E-state index in [0.29, 0.717) is 17.4 Å². The second-order valence-corrected chi connectivity index (χ2v) is 7.66. The first-order chi connectivity index (χ1) is 9.24. The van der Waals surface area contributed by atoms with E-state index in [-0.39, 0.29) is 6.54 Å². The molecule has 0 aromatic rings. The second-order valence-electron chi connectivity index (χ2n) is 7.66. The average Bonchev–Trinajstić information content (AvgIpc) is 2.36. The highest BCUT2D eigenvalue weighted by molar-refractivity contribution is 5.69. The summed E-state index contributed by atoms with van der Waals surface area (Å²) >= 11 is 0. The zero-order valence-electron chi connectivity index (χ0n) is 14.0. The summed E-state index contributed by atoms with van der Waals surface area (Å²) in [6.45, 7) is 12.4. The van der Waals surface area contributed by atoms with Crippen LogP contribution in [0.25, 0.3) is 0 Å². The molecule has 1 aliphatic rings. The fourth-order valence-corrected chi connectivity index (χ4v) is 3.37. The highest BCUT2D eigenvalue weighted by atomic mass is 16.4. The lowest BCUT2D eigenvalue weighted by Gasteiger charge is -2.39. The summed E-state index contributed by atoms with van der Waals surface area (Å²) in [5, 5.41) is 9.06. The molecule has 0 heterocycles. The molecule has 0 spiro atoms. The molecule has 1 saturated carbocycles. The zero-order valence-corrected chi connectivity index (χ0v) is 14.0. The Kier molecular flexibility index (Phi) is 6.50. The fourth-order valence-electron chi connectivity index (χ4n) is 3.37. The number of nitrogens with zero attached hydrogens (tertiary/aromatic N) is 1. The van der Waals surface area contributed by atoms with Crippen molar-refractivity contribution in [2.75, 3.05) is 13.1 Å². The van der Waals surface area contributed by atoms with Crippen LogP contribution in [0.5, 0.6) is 0 Å². The van der Waals surface area contributed by atoms with E-state index in [1.54, 1.807) is 0 Å². The summed E-state index contributed by atoms with van der Waals surface area (Å²) < 4.78 is 0. The molecule has 1 N–H and O–H groups in total. The SMILES string of the molecule is CCC(C)N(CC(=O)O)CC1CCC(C(C)(C)C)CC1. The van der Waals surface area contributed by atoms with Crippen LogP contribution in [0.1, 0.15) is 66.7 Å². The molecule has 0 radical (unpaired) electrons. The van der Waals surface area contributed by atoms with Crippen LogP contribution >= 0.6 is 0 Å². The molecule has 0 aromatic heterocycles. The molecular weight excluding hydrogens is 250 g/mol. The lowest BCUT2D eigenvalue weighted by molar-refractivity contribution is -0.139. The van der Waals surface area contributed by atoms with Gasteiger partial charge in [0.05, 0.1) is 6.54 Å². The number of carbonyl (C=O) groups is 1. The lowest BCUT2D eigenvalue weighted by atomic mass is 9.70. The Morgan fingerprint density at radius 2 is 1.80 bits per heavy atom. The second kappa shape index (κ2) is 7.44. The zero-order chi connectivity index (χ0) is 15.3. The third-order valence-electron chi connectivity index (χ3n) is 5.12. The minimum atomic E-state index is -0.700. The fraction of sp³-hybridized carbons (Fsp3) is 0.941. The van der Waals surface area contributed by atoms with Crippen LogP contribution < -0.4 is 0 Å². The van der Waals surface area contributed by atoms with Crippen LogP contribution in [0.15, 0.2) is 0 Å². The van der Waals surface area contributed by atoms with Crippen molar-refractivity contribution >= 4 is 5.97 Å². The van der Waals surface area contributed by atoms with Gasteiger partial charge in [0.25, 0.3) is 0 Å². The molecule has 1 rings (SSSR count). The number of aliphatic carboxylic acids is 1. The molecule has 0 amide bonds. The van der Waals surface area contributed by atoms with Crippen molar-refractivity contribution in [2.24, 2.45) is 17.3 Å². The van der Waals surface area contributed by atoms with E-state index in [4.69, 9.17) is 5.11 Å². The molecule has 1 fully saturated rings. The Labute approximate surface area is 124 Å². The Morgan fingerprint density at radius 3 is 2.20 bits per heavy atom. The first-order valence-corrected chi connectivity index (χ1v) is 8.19. The third kappa shape index (κ3) is 5.43. The van der Waals surface area contributed by atoms with Gasteiger partial charge in [0.2, 0.25) is 0 Å². The summed E-state index contributed by atoms with van der Waals surface area (Å²) in [7, 11) is 0. The maximum atomic E-state index is 11.0. The number of hydrogen-bond donors (Lipinski definition) is 1.